The van der Waals surface area contributed by atoms with E-state index in [9.17, 15) is 0 Å². The van der Waals surface area contributed by atoms with Crippen molar-refractivity contribution in [1.82, 2.24) is 15.1 Å². The summed E-state index contributed by atoms with van der Waals surface area (Å²) in [6.07, 6.45) is 14.0. The molecule has 2 atom stereocenters. The van der Waals surface area contributed by atoms with E-state index in [4.69, 9.17) is 0 Å². The normalized spacial score (nSPS) is 27.9. The number of hydrogen-bond acceptors (Lipinski definition) is 2. The molecule has 0 bridgehead atoms. The highest BCUT2D eigenvalue weighted by molar-refractivity contribution is 5.02. The monoisotopic (exact) mass is 247 g/mol. The maximum absolute atomic E-state index is 4.29. The minimum atomic E-state index is 0.522. The van der Waals surface area contributed by atoms with Crippen molar-refractivity contribution in [3.8, 4) is 0 Å². The predicted octanol–water partition coefficient (Wildman–Crippen LogP) is 2.97. The molecular weight excluding hydrogens is 222 g/mol. The number of nitrogens with zero attached hydrogens (tertiary/aromatic N) is 2. The van der Waals surface area contributed by atoms with Gasteiger partial charge in [0.1, 0.15) is 0 Å². The van der Waals surface area contributed by atoms with Crippen LogP contribution < -0.4 is 5.32 Å². The summed E-state index contributed by atoms with van der Waals surface area (Å²) in [5, 5.41) is 8.14. The van der Waals surface area contributed by atoms with Gasteiger partial charge in [-0.2, -0.15) is 5.10 Å². The molecule has 3 nitrogen and oxygen atoms in total. The maximum Gasteiger partial charge on any atom is 0.0560 e. The van der Waals surface area contributed by atoms with Crippen molar-refractivity contribution in [2.45, 2.75) is 70.5 Å². The minimum absolute atomic E-state index is 0.522. The SMILES string of the molecule is CC(Cn1cccn1)NC1CCC12CCCCC2. The third-order valence-corrected chi connectivity index (χ3v) is 5.03. The van der Waals surface area contributed by atoms with Crippen molar-refractivity contribution in [1.29, 1.82) is 0 Å². The summed E-state index contributed by atoms with van der Waals surface area (Å²) < 4.78 is 2.03. The Balaban J connectivity index is 1.53. The van der Waals surface area contributed by atoms with Crippen molar-refractivity contribution < 1.29 is 0 Å². The Bertz CT molecular complexity index is 365. The average Bonchev–Trinajstić information content (AvgIpc) is 2.88. The second-order valence-corrected chi connectivity index (χ2v) is 6.31. The van der Waals surface area contributed by atoms with E-state index in [1.807, 2.05) is 16.9 Å². The van der Waals surface area contributed by atoms with Crippen molar-refractivity contribution in [3.05, 3.63) is 18.5 Å². The van der Waals surface area contributed by atoms with Gasteiger partial charge in [-0.25, -0.2) is 0 Å². The summed E-state index contributed by atoms with van der Waals surface area (Å²) in [4.78, 5) is 0. The van der Waals surface area contributed by atoms with Crippen LogP contribution in [0.3, 0.4) is 0 Å². The lowest BCUT2D eigenvalue weighted by Gasteiger charge is -2.53. The van der Waals surface area contributed by atoms with Gasteiger partial charge >= 0.3 is 0 Å². The fourth-order valence-electron chi connectivity index (χ4n) is 3.90. The fourth-order valence-corrected chi connectivity index (χ4v) is 3.90. The Morgan fingerprint density at radius 3 is 2.78 bits per heavy atom. The van der Waals surface area contributed by atoms with Gasteiger partial charge in [-0.05, 0) is 44.1 Å². The van der Waals surface area contributed by atoms with Gasteiger partial charge in [0.15, 0.2) is 0 Å². The van der Waals surface area contributed by atoms with Gasteiger partial charge in [0.25, 0.3) is 0 Å². The van der Waals surface area contributed by atoms with Crippen LogP contribution in [0.1, 0.15) is 51.9 Å². The molecule has 3 heteroatoms. The molecule has 0 radical (unpaired) electrons. The molecule has 0 aromatic carbocycles. The molecule has 1 aromatic rings. The van der Waals surface area contributed by atoms with Crippen LogP contribution in [0.15, 0.2) is 18.5 Å². The first kappa shape index (κ1) is 12.2. The van der Waals surface area contributed by atoms with Gasteiger partial charge in [0.05, 0.1) is 6.54 Å². The molecule has 1 spiro atoms. The van der Waals surface area contributed by atoms with Crippen LogP contribution in [0.2, 0.25) is 0 Å². The second-order valence-electron chi connectivity index (χ2n) is 6.31. The first-order valence-electron chi connectivity index (χ1n) is 7.52. The zero-order valence-electron chi connectivity index (χ0n) is 11.4. The number of aromatic nitrogens is 2. The Morgan fingerprint density at radius 2 is 2.17 bits per heavy atom. The zero-order valence-corrected chi connectivity index (χ0v) is 11.4. The highest BCUT2D eigenvalue weighted by Gasteiger charge is 2.46. The molecule has 1 heterocycles. The molecule has 3 rings (SSSR count). The highest BCUT2D eigenvalue weighted by Crippen LogP contribution is 2.51. The first-order chi connectivity index (χ1) is 8.78. The van der Waals surface area contributed by atoms with Gasteiger partial charge < -0.3 is 5.32 Å². The summed E-state index contributed by atoms with van der Waals surface area (Å²) in [6, 6.07) is 3.29. The molecule has 1 aromatic heterocycles. The van der Waals surface area contributed by atoms with Crippen LogP contribution in [-0.4, -0.2) is 21.9 Å². The summed E-state index contributed by atoms with van der Waals surface area (Å²) in [5.74, 6) is 0. The molecular formula is C15H25N3. The van der Waals surface area contributed by atoms with Gasteiger partial charge in [0, 0.05) is 24.5 Å². The van der Waals surface area contributed by atoms with Crippen molar-refractivity contribution in [3.63, 3.8) is 0 Å². The average molecular weight is 247 g/mol. The lowest BCUT2D eigenvalue weighted by atomic mass is 9.57. The van der Waals surface area contributed by atoms with Crippen LogP contribution in [0.5, 0.6) is 0 Å². The van der Waals surface area contributed by atoms with Crippen LogP contribution in [0, 0.1) is 5.41 Å². The quantitative estimate of drug-likeness (QED) is 0.886. The van der Waals surface area contributed by atoms with Crippen LogP contribution in [0.25, 0.3) is 0 Å². The Kier molecular flexibility index (Phi) is 3.42. The Labute approximate surface area is 110 Å². The van der Waals surface area contributed by atoms with E-state index < -0.39 is 0 Å². The van der Waals surface area contributed by atoms with Crippen molar-refractivity contribution in [2.24, 2.45) is 5.41 Å². The third-order valence-electron chi connectivity index (χ3n) is 5.03. The molecule has 0 amide bonds. The molecule has 2 unspecified atom stereocenters. The zero-order chi connectivity index (χ0) is 12.4. The minimum Gasteiger partial charge on any atom is -0.309 e. The Morgan fingerprint density at radius 1 is 1.33 bits per heavy atom. The van der Waals surface area contributed by atoms with Crippen LogP contribution in [0.4, 0.5) is 0 Å². The second kappa shape index (κ2) is 5.04. The molecule has 0 saturated heterocycles. The maximum atomic E-state index is 4.29. The molecule has 1 N–H and O–H groups in total. The van der Waals surface area contributed by atoms with Gasteiger partial charge in [-0.15, -0.1) is 0 Å². The Hall–Kier alpha value is -0.830. The number of nitrogens with one attached hydrogen (secondary N) is 1. The standard InChI is InChI=1S/C15H25N3/c1-13(12-18-11-5-10-16-18)17-14-6-9-15(14)7-3-2-4-8-15/h5,10-11,13-14,17H,2-4,6-9,12H2,1H3. The smallest absolute Gasteiger partial charge is 0.0560 e. The topological polar surface area (TPSA) is 29.9 Å². The molecule has 18 heavy (non-hydrogen) atoms. The predicted molar refractivity (Wildman–Crippen MR) is 73.4 cm³/mol. The molecule has 2 aliphatic rings. The highest BCUT2D eigenvalue weighted by atomic mass is 15.3. The fraction of sp³-hybridized carbons (Fsp3) is 0.800. The van der Waals surface area contributed by atoms with Gasteiger partial charge in [0.2, 0.25) is 0 Å². The van der Waals surface area contributed by atoms with Crippen LogP contribution in [-0.2, 0) is 6.54 Å². The number of rotatable bonds is 4. The molecule has 0 aliphatic heterocycles. The van der Waals surface area contributed by atoms with E-state index >= 15 is 0 Å². The summed E-state index contributed by atoms with van der Waals surface area (Å²) in [6.45, 7) is 3.27. The van der Waals surface area contributed by atoms with E-state index in [0.717, 1.165) is 12.6 Å². The van der Waals surface area contributed by atoms with Gasteiger partial charge in [-0.1, -0.05) is 19.3 Å². The third kappa shape index (κ3) is 2.33. The number of hydrogen-bond donors (Lipinski definition) is 1. The molecule has 100 valence electrons. The van der Waals surface area contributed by atoms with Crippen LogP contribution >= 0.6 is 0 Å². The molecule has 2 saturated carbocycles. The summed E-state index contributed by atoms with van der Waals surface area (Å²) in [7, 11) is 0. The lowest BCUT2D eigenvalue weighted by Crippen LogP contribution is -2.57. The molecule has 2 fully saturated rings. The lowest BCUT2D eigenvalue weighted by molar-refractivity contribution is 0.0163. The van der Waals surface area contributed by atoms with E-state index in [-0.39, 0.29) is 0 Å². The van der Waals surface area contributed by atoms with E-state index in [1.54, 1.807) is 0 Å². The van der Waals surface area contributed by atoms with E-state index in [1.165, 1.54) is 44.9 Å². The molecule has 2 aliphatic carbocycles. The van der Waals surface area contributed by atoms with Crippen molar-refractivity contribution >= 4 is 0 Å². The first-order valence-corrected chi connectivity index (χ1v) is 7.52. The summed E-state index contributed by atoms with van der Waals surface area (Å²) >= 11 is 0. The van der Waals surface area contributed by atoms with Gasteiger partial charge in [-0.3, -0.25) is 4.68 Å². The largest absolute Gasteiger partial charge is 0.309 e. The van der Waals surface area contributed by atoms with E-state index in [2.05, 4.69) is 23.5 Å². The van der Waals surface area contributed by atoms with E-state index in [0.29, 0.717) is 11.5 Å². The summed E-state index contributed by atoms with van der Waals surface area (Å²) in [5.41, 5.74) is 0.663. The van der Waals surface area contributed by atoms with Crippen molar-refractivity contribution in [2.75, 3.05) is 0 Å².